The van der Waals surface area contributed by atoms with Gasteiger partial charge in [-0.15, -0.1) is 23.7 Å². The zero-order valence-electron chi connectivity index (χ0n) is 12.2. The largest absolute Gasteiger partial charge is 0.328 e. The van der Waals surface area contributed by atoms with Crippen LogP contribution in [0.25, 0.3) is 0 Å². The second-order valence-electron chi connectivity index (χ2n) is 5.15. The number of nitrogens with one attached hydrogen (secondary N) is 1. The van der Waals surface area contributed by atoms with Gasteiger partial charge in [-0.1, -0.05) is 29.8 Å². The summed E-state index contributed by atoms with van der Waals surface area (Å²) < 4.78 is 0. The number of carbonyl (C=O) groups excluding carboxylic acids is 1. The Labute approximate surface area is 145 Å². The number of carbonyl (C=O) groups is 1. The Morgan fingerprint density at radius 1 is 1.32 bits per heavy atom. The molecule has 1 fully saturated rings. The predicted octanol–water partition coefficient (Wildman–Crippen LogP) is 3.92. The number of benzene rings is 1. The molecule has 1 aliphatic heterocycles. The predicted molar refractivity (Wildman–Crippen MR) is 94.4 cm³/mol. The third kappa shape index (κ3) is 3.46. The Balaban J connectivity index is 0.00000176. The number of nitrogens with zero attached hydrogens (tertiary/aromatic N) is 1. The van der Waals surface area contributed by atoms with Gasteiger partial charge in [0.2, 0.25) is 0 Å². The summed E-state index contributed by atoms with van der Waals surface area (Å²) >= 11 is 7.86. The maximum absolute atomic E-state index is 12.8. The molecule has 0 radical (unpaired) electrons. The van der Waals surface area contributed by atoms with Crippen molar-refractivity contribution in [3.8, 4) is 0 Å². The molecular formula is C16H18Cl2N2OS. The SMILES string of the molecule is Cc1ccc(C(=O)N2CCNCC2c2ccccc2Cl)s1.Cl. The van der Waals surface area contributed by atoms with Gasteiger partial charge in [-0.25, -0.2) is 0 Å². The summed E-state index contributed by atoms with van der Waals surface area (Å²) in [5, 5.41) is 4.07. The maximum atomic E-state index is 12.8. The highest BCUT2D eigenvalue weighted by Gasteiger charge is 2.30. The van der Waals surface area contributed by atoms with Gasteiger partial charge in [0.15, 0.2) is 0 Å². The van der Waals surface area contributed by atoms with Crippen molar-refractivity contribution in [2.24, 2.45) is 0 Å². The zero-order chi connectivity index (χ0) is 14.8. The first-order chi connectivity index (χ1) is 10.2. The molecule has 3 nitrogen and oxygen atoms in total. The second kappa shape index (κ2) is 7.47. The first-order valence-electron chi connectivity index (χ1n) is 6.99. The Hall–Kier alpha value is -1.07. The van der Waals surface area contributed by atoms with Crippen LogP contribution in [-0.4, -0.2) is 30.4 Å². The van der Waals surface area contributed by atoms with Crippen LogP contribution in [0.1, 0.15) is 26.2 Å². The van der Waals surface area contributed by atoms with E-state index in [1.54, 1.807) is 11.3 Å². The van der Waals surface area contributed by atoms with Crippen LogP contribution in [0.2, 0.25) is 5.02 Å². The van der Waals surface area contributed by atoms with Crippen LogP contribution >= 0.6 is 35.3 Å². The summed E-state index contributed by atoms with van der Waals surface area (Å²) in [6, 6.07) is 11.6. The van der Waals surface area contributed by atoms with E-state index in [0.29, 0.717) is 11.6 Å². The average molecular weight is 357 g/mol. The maximum Gasteiger partial charge on any atom is 0.264 e. The quantitative estimate of drug-likeness (QED) is 0.884. The van der Waals surface area contributed by atoms with Crippen molar-refractivity contribution < 1.29 is 4.79 Å². The van der Waals surface area contributed by atoms with Gasteiger partial charge in [0.25, 0.3) is 5.91 Å². The van der Waals surface area contributed by atoms with Gasteiger partial charge in [-0.05, 0) is 30.7 Å². The van der Waals surface area contributed by atoms with Crippen LogP contribution in [0, 0.1) is 6.92 Å². The van der Waals surface area contributed by atoms with Crippen molar-refractivity contribution in [2.75, 3.05) is 19.6 Å². The van der Waals surface area contributed by atoms with E-state index in [1.165, 1.54) is 0 Å². The van der Waals surface area contributed by atoms with E-state index in [-0.39, 0.29) is 24.4 Å². The number of hydrogen-bond donors (Lipinski definition) is 1. The van der Waals surface area contributed by atoms with Gasteiger partial charge < -0.3 is 10.2 Å². The smallest absolute Gasteiger partial charge is 0.264 e. The van der Waals surface area contributed by atoms with Crippen molar-refractivity contribution in [3.05, 3.63) is 56.7 Å². The molecule has 2 aromatic rings. The number of amides is 1. The molecule has 0 bridgehead atoms. The number of halogens is 2. The first kappa shape index (κ1) is 17.3. The Morgan fingerprint density at radius 2 is 2.09 bits per heavy atom. The number of rotatable bonds is 2. The number of piperazine rings is 1. The van der Waals surface area contributed by atoms with Crippen LogP contribution in [-0.2, 0) is 0 Å². The van der Waals surface area contributed by atoms with Crippen molar-refractivity contribution in [1.29, 1.82) is 0 Å². The van der Waals surface area contributed by atoms with E-state index in [1.807, 2.05) is 48.2 Å². The molecule has 0 saturated carbocycles. The van der Waals surface area contributed by atoms with Gasteiger partial charge >= 0.3 is 0 Å². The van der Waals surface area contributed by atoms with Crippen LogP contribution in [0.4, 0.5) is 0 Å². The highest BCUT2D eigenvalue weighted by molar-refractivity contribution is 7.13. The van der Waals surface area contributed by atoms with Crippen molar-refractivity contribution in [3.63, 3.8) is 0 Å². The van der Waals surface area contributed by atoms with E-state index in [2.05, 4.69) is 5.32 Å². The van der Waals surface area contributed by atoms with Gasteiger partial charge in [0.05, 0.1) is 10.9 Å². The summed E-state index contributed by atoms with van der Waals surface area (Å²) in [5.41, 5.74) is 1.01. The third-order valence-corrected chi connectivity index (χ3v) is 5.05. The molecule has 0 aliphatic carbocycles. The van der Waals surface area contributed by atoms with Crippen molar-refractivity contribution in [2.45, 2.75) is 13.0 Å². The molecule has 3 rings (SSSR count). The minimum atomic E-state index is -0.0117. The highest BCUT2D eigenvalue weighted by atomic mass is 35.5. The minimum absolute atomic E-state index is 0. The molecule has 1 amide bonds. The minimum Gasteiger partial charge on any atom is -0.328 e. The monoisotopic (exact) mass is 356 g/mol. The molecule has 1 atom stereocenters. The molecule has 2 heterocycles. The Morgan fingerprint density at radius 3 is 2.77 bits per heavy atom. The number of aryl methyl sites for hydroxylation is 1. The molecule has 1 unspecified atom stereocenters. The van der Waals surface area contributed by atoms with Crippen LogP contribution in [0.5, 0.6) is 0 Å². The summed E-state index contributed by atoms with van der Waals surface area (Å²) in [6.07, 6.45) is 0. The van der Waals surface area contributed by atoms with Crippen LogP contribution < -0.4 is 5.32 Å². The van der Waals surface area contributed by atoms with Gasteiger partial charge in [-0.2, -0.15) is 0 Å². The molecule has 1 aromatic heterocycles. The Bertz CT molecular complexity index is 659. The third-order valence-electron chi connectivity index (χ3n) is 3.72. The molecule has 6 heteroatoms. The van der Waals surface area contributed by atoms with Gasteiger partial charge in [0.1, 0.15) is 0 Å². The number of thiophene rings is 1. The topological polar surface area (TPSA) is 32.3 Å². The van der Waals surface area contributed by atoms with E-state index in [4.69, 9.17) is 11.6 Å². The lowest BCUT2D eigenvalue weighted by Crippen LogP contribution is -2.48. The molecule has 1 saturated heterocycles. The van der Waals surface area contributed by atoms with E-state index in [0.717, 1.165) is 28.4 Å². The summed E-state index contributed by atoms with van der Waals surface area (Å²) in [5.74, 6) is 0.0968. The lowest BCUT2D eigenvalue weighted by Gasteiger charge is -2.36. The first-order valence-corrected chi connectivity index (χ1v) is 8.19. The second-order valence-corrected chi connectivity index (χ2v) is 6.85. The van der Waals surface area contributed by atoms with E-state index < -0.39 is 0 Å². The molecule has 1 N–H and O–H groups in total. The van der Waals surface area contributed by atoms with E-state index in [9.17, 15) is 4.79 Å². The van der Waals surface area contributed by atoms with Crippen LogP contribution in [0.3, 0.4) is 0 Å². The fourth-order valence-corrected chi connectivity index (χ4v) is 3.75. The molecular weight excluding hydrogens is 339 g/mol. The van der Waals surface area contributed by atoms with Gasteiger partial charge in [0, 0.05) is 29.5 Å². The lowest BCUT2D eigenvalue weighted by atomic mass is 10.0. The Kier molecular flexibility index (Phi) is 5.87. The number of hydrogen-bond acceptors (Lipinski definition) is 3. The summed E-state index contributed by atoms with van der Waals surface area (Å²) in [7, 11) is 0. The molecule has 22 heavy (non-hydrogen) atoms. The average Bonchev–Trinajstić information content (AvgIpc) is 2.94. The standard InChI is InChI=1S/C16H17ClN2OS.ClH/c1-11-6-7-15(21-11)16(20)19-9-8-18-10-14(19)12-4-2-3-5-13(12)17;/h2-7,14,18H,8-10H2,1H3;1H. The fourth-order valence-electron chi connectivity index (χ4n) is 2.66. The normalized spacial score (nSPS) is 17.9. The molecule has 1 aromatic carbocycles. The zero-order valence-corrected chi connectivity index (χ0v) is 14.6. The fraction of sp³-hybridized carbons (Fsp3) is 0.312. The molecule has 0 spiro atoms. The lowest BCUT2D eigenvalue weighted by molar-refractivity contribution is 0.0639. The van der Waals surface area contributed by atoms with Crippen molar-refractivity contribution in [1.82, 2.24) is 10.2 Å². The summed E-state index contributed by atoms with van der Waals surface area (Å²) in [4.78, 5) is 16.7. The highest BCUT2D eigenvalue weighted by Crippen LogP contribution is 2.30. The van der Waals surface area contributed by atoms with E-state index >= 15 is 0 Å². The van der Waals surface area contributed by atoms with Crippen molar-refractivity contribution >= 4 is 41.3 Å². The molecule has 118 valence electrons. The molecule has 1 aliphatic rings. The van der Waals surface area contributed by atoms with Gasteiger partial charge in [-0.3, -0.25) is 4.79 Å². The summed E-state index contributed by atoms with van der Waals surface area (Å²) in [6.45, 7) is 4.27. The van der Waals surface area contributed by atoms with Crippen LogP contribution in [0.15, 0.2) is 36.4 Å².